The van der Waals surface area contributed by atoms with Crippen LogP contribution in [0.2, 0.25) is 0 Å². The first-order valence-corrected chi connectivity index (χ1v) is 8.90. The molecule has 2 aromatic carbocycles. The highest BCUT2D eigenvalue weighted by molar-refractivity contribution is 7.07. The molecule has 24 heavy (non-hydrogen) atoms. The van der Waals surface area contributed by atoms with Gasteiger partial charge in [-0.15, -0.1) is 11.3 Å². The van der Waals surface area contributed by atoms with Gasteiger partial charge in [0.1, 0.15) is 6.33 Å². The molecule has 0 unspecified atom stereocenters. The van der Waals surface area contributed by atoms with E-state index in [0.717, 1.165) is 33.4 Å². The summed E-state index contributed by atoms with van der Waals surface area (Å²) in [5.74, 6) is 0.530. The van der Waals surface area contributed by atoms with Gasteiger partial charge >= 0.3 is 0 Å². The average Bonchev–Trinajstić information content (AvgIpc) is 3.15. The van der Waals surface area contributed by atoms with Crippen LogP contribution in [-0.4, -0.2) is 15.0 Å². The van der Waals surface area contributed by atoms with Crippen LogP contribution in [0, 0.1) is 0 Å². The lowest BCUT2D eigenvalue weighted by Gasteiger charge is -2.09. The lowest BCUT2D eigenvalue weighted by atomic mass is 9.99. The van der Waals surface area contributed by atoms with E-state index in [1.807, 2.05) is 10.9 Å². The fraction of sp³-hybridized carbons (Fsp3) is 0.150. The zero-order valence-electron chi connectivity index (χ0n) is 13.6. The lowest BCUT2D eigenvalue weighted by molar-refractivity contribution is 0.867. The van der Waals surface area contributed by atoms with Crippen molar-refractivity contribution in [3.05, 3.63) is 65.2 Å². The largest absolute Gasteiger partial charge is 0.245 e. The fourth-order valence-corrected chi connectivity index (χ4v) is 3.39. The van der Waals surface area contributed by atoms with Crippen LogP contribution in [0.25, 0.3) is 33.4 Å². The first kappa shape index (κ1) is 15.0. The van der Waals surface area contributed by atoms with Crippen LogP contribution in [0.15, 0.2) is 59.7 Å². The van der Waals surface area contributed by atoms with Gasteiger partial charge in [0.2, 0.25) is 0 Å². The zero-order valence-corrected chi connectivity index (χ0v) is 14.4. The van der Waals surface area contributed by atoms with Crippen molar-refractivity contribution in [3.8, 4) is 22.5 Å². The summed E-state index contributed by atoms with van der Waals surface area (Å²) in [4.78, 5) is 13.3. The van der Waals surface area contributed by atoms with Gasteiger partial charge in [-0.05, 0) is 23.6 Å². The Balaban J connectivity index is 1.81. The normalized spacial score (nSPS) is 11.3. The molecular weight excluding hydrogens is 314 g/mol. The van der Waals surface area contributed by atoms with Crippen molar-refractivity contribution >= 4 is 22.2 Å². The van der Waals surface area contributed by atoms with Crippen LogP contribution in [0.4, 0.5) is 0 Å². The number of benzene rings is 2. The molecule has 0 radical (unpaired) electrons. The molecule has 2 heterocycles. The Morgan fingerprint density at radius 2 is 1.67 bits per heavy atom. The van der Waals surface area contributed by atoms with Crippen LogP contribution < -0.4 is 0 Å². The maximum absolute atomic E-state index is 4.52. The molecule has 4 heteroatoms. The molecule has 0 saturated heterocycles. The molecule has 0 amide bonds. The molecule has 0 N–H and O–H groups in total. The average molecular weight is 331 g/mol. The van der Waals surface area contributed by atoms with Crippen LogP contribution in [0.1, 0.15) is 25.3 Å². The van der Waals surface area contributed by atoms with Gasteiger partial charge < -0.3 is 0 Å². The summed E-state index contributed by atoms with van der Waals surface area (Å²) in [5, 5.41) is 3.11. The maximum Gasteiger partial charge on any atom is 0.116 e. The van der Waals surface area contributed by atoms with E-state index in [1.54, 1.807) is 17.7 Å². The Kier molecular flexibility index (Phi) is 3.82. The predicted molar refractivity (Wildman–Crippen MR) is 100 cm³/mol. The predicted octanol–water partition coefficient (Wildman–Crippen LogP) is 5.54. The SMILES string of the molecule is CC(C)c1ccc(-c2ncnc3cc(-c4cscn4)ccc23)cc1. The molecule has 0 fully saturated rings. The lowest BCUT2D eigenvalue weighted by Crippen LogP contribution is -1.91. The van der Waals surface area contributed by atoms with Crippen molar-refractivity contribution in [2.75, 3.05) is 0 Å². The number of hydrogen-bond donors (Lipinski definition) is 0. The highest BCUT2D eigenvalue weighted by Gasteiger charge is 2.09. The van der Waals surface area contributed by atoms with Gasteiger partial charge in [-0.2, -0.15) is 0 Å². The summed E-state index contributed by atoms with van der Waals surface area (Å²) in [5.41, 5.74) is 8.29. The number of thiazole rings is 1. The van der Waals surface area contributed by atoms with Gasteiger partial charge in [0, 0.05) is 21.9 Å². The molecule has 4 aromatic rings. The van der Waals surface area contributed by atoms with E-state index in [9.17, 15) is 0 Å². The Hall–Kier alpha value is -2.59. The van der Waals surface area contributed by atoms with Crippen molar-refractivity contribution < 1.29 is 0 Å². The molecule has 4 rings (SSSR count). The van der Waals surface area contributed by atoms with Crippen molar-refractivity contribution in [2.45, 2.75) is 19.8 Å². The van der Waals surface area contributed by atoms with Gasteiger partial charge in [-0.25, -0.2) is 15.0 Å². The van der Waals surface area contributed by atoms with Crippen molar-refractivity contribution in [3.63, 3.8) is 0 Å². The van der Waals surface area contributed by atoms with E-state index in [4.69, 9.17) is 0 Å². The molecule has 0 aliphatic heterocycles. The van der Waals surface area contributed by atoms with E-state index in [0.29, 0.717) is 5.92 Å². The Morgan fingerprint density at radius 3 is 2.38 bits per heavy atom. The van der Waals surface area contributed by atoms with E-state index < -0.39 is 0 Å². The molecule has 0 spiro atoms. The van der Waals surface area contributed by atoms with Crippen LogP contribution in [0.5, 0.6) is 0 Å². The third-order valence-electron chi connectivity index (χ3n) is 4.22. The first-order chi connectivity index (χ1) is 11.7. The molecule has 0 saturated carbocycles. The minimum atomic E-state index is 0.530. The summed E-state index contributed by atoms with van der Waals surface area (Å²) in [6, 6.07) is 14.9. The second kappa shape index (κ2) is 6.13. The van der Waals surface area contributed by atoms with Gasteiger partial charge in [-0.3, -0.25) is 0 Å². The fourth-order valence-electron chi connectivity index (χ4n) is 2.83. The second-order valence-electron chi connectivity index (χ2n) is 6.10. The highest BCUT2D eigenvalue weighted by Crippen LogP contribution is 2.29. The molecule has 0 aliphatic rings. The molecular formula is C20H17N3S. The third-order valence-corrected chi connectivity index (χ3v) is 4.80. The smallest absolute Gasteiger partial charge is 0.116 e. The summed E-state index contributed by atoms with van der Waals surface area (Å²) < 4.78 is 0. The van der Waals surface area contributed by atoms with E-state index in [1.165, 1.54) is 5.56 Å². The number of nitrogens with zero attached hydrogens (tertiary/aromatic N) is 3. The molecule has 0 aliphatic carbocycles. The van der Waals surface area contributed by atoms with Gasteiger partial charge in [0.25, 0.3) is 0 Å². The Bertz CT molecular complexity index is 974. The highest BCUT2D eigenvalue weighted by atomic mass is 32.1. The number of fused-ring (bicyclic) bond motifs is 1. The van der Waals surface area contributed by atoms with E-state index >= 15 is 0 Å². The van der Waals surface area contributed by atoms with Crippen molar-refractivity contribution in [1.29, 1.82) is 0 Å². The van der Waals surface area contributed by atoms with Crippen LogP contribution in [0.3, 0.4) is 0 Å². The second-order valence-corrected chi connectivity index (χ2v) is 6.82. The van der Waals surface area contributed by atoms with Crippen LogP contribution >= 0.6 is 11.3 Å². The summed E-state index contributed by atoms with van der Waals surface area (Å²) >= 11 is 1.60. The number of rotatable bonds is 3. The maximum atomic E-state index is 4.52. The summed E-state index contributed by atoms with van der Waals surface area (Å²) in [7, 11) is 0. The summed E-state index contributed by atoms with van der Waals surface area (Å²) in [6.07, 6.45) is 1.64. The zero-order chi connectivity index (χ0) is 16.5. The molecule has 3 nitrogen and oxygen atoms in total. The van der Waals surface area contributed by atoms with E-state index in [-0.39, 0.29) is 0 Å². The number of hydrogen-bond acceptors (Lipinski definition) is 4. The first-order valence-electron chi connectivity index (χ1n) is 7.96. The third kappa shape index (κ3) is 2.69. The van der Waals surface area contributed by atoms with Crippen LogP contribution in [-0.2, 0) is 0 Å². The Labute approximate surface area is 145 Å². The van der Waals surface area contributed by atoms with Gasteiger partial charge in [0.05, 0.1) is 22.4 Å². The number of aromatic nitrogens is 3. The quantitative estimate of drug-likeness (QED) is 0.494. The molecule has 118 valence electrons. The molecule has 0 atom stereocenters. The Morgan fingerprint density at radius 1 is 0.875 bits per heavy atom. The molecule has 2 aromatic heterocycles. The van der Waals surface area contributed by atoms with Gasteiger partial charge in [-0.1, -0.05) is 44.2 Å². The monoisotopic (exact) mass is 331 g/mol. The topological polar surface area (TPSA) is 38.7 Å². The van der Waals surface area contributed by atoms with E-state index in [2.05, 4.69) is 71.3 Å². The van der Waals surface area contributed by atoms with Crippen molar-refractivity contribution in [1.82, 2.24) is 15.0 Å². The summed E-state index contributed by atoms with van der Waals surface area (Å²) in [6.45, 7) is 4.41. The standard InChI is InChI=1S/C20H17N3S/c1-13(2)14-3-5-15(6-4-14)20-17-8-7-16(19-10-24-12-23-19)9-18(17)21-11-22-20/h3-13H,1-2H3. The molecule has 0 bridgehead atoms. The van der Waals surface area contributed by atoms with Gasteiger partial charge in [0.15, 0.2) is 0 Å². The minimum Gasteiger partial charge on any atom is -0.245 e. The minimum absolute atomic E-state index is 0.530. The van der Waals surface area contributed by atoms with Crippen molar-refractivity contribution in [2.24, 2.45) is 0 Å².